The van der Waals surface area contributed by atoms with Gasteiger partial charge in [-0.15, -0.1) is 11.8 Å². The number of aromatic nitrogens is 1. The molecule has 0 aromatic carbocycles. The SMILES string of the molecule is CCCSc1ncccc1C(C)NC. The van der Waals surface area contributed by atoms with Gasteiger partial charge in [0.15, 0.2) is 0 Å². The van der Waals surface area contributed by atoms with Crippen LogP contribution >= 0.6 is 11.8 Å². The molecule has 14 heavy (non-hydrogen) atoms. The van der Waals surface area contributed by atoms with Gasteiger partial charge >= 0.3 is 0 Å². The smallest absolute Gasteiger partial charge is 0.101 e. The van der Waals surface area contributed by atoms with Crippen LogP contribution in [0, 0.1) is 0 Å². The van der Waals surface area contributed by atoms with Crippen LogP contribution in [0.1, 0.15) is 31.9 Å². The van der Waals surface area contributed by atoms with E-state index in [0.29, 0.717) is 6.04 Å². The highest BCUT2D eigenvalue weighted by Crippen LogP contribution is 2.25. The van der Waals surface area contributed by atoms with Crippen LogP contribution in [-0.2, 0) is 0 Å². The fraction of sp³-hybridized carbons (Fsp3) is 0.545. The van der Waals surface area contributed by atoms with Gasteiger partial charge in [-0.05, 0) is 32.2 Å². The zero-order valence-electron chi connectivity index (χ0n) is 9.08. The van der Waals surface area contributed by atoms with Crippen molar-refractivity contribution in [2.75, 3.05) is 12.8 Å². The summed E-state index contributed by atoms with van der Waals surface area (Å²) < 4.78 is 0. The van der Waals surface area contributed by atoms with E-state index in [2.05, 4.69) is 30.2 Å². The zero-order chi connectivity index (χ0) is 10.4. The molecule has 0 fully saturated rings. The van der Waals surface area contributed by atoms with Crippen LogP contribution < -0.4 is 5.32 Å². The van der Waals surface area contributed by atoms with E-state index in [1.54, 1.807) is 0 Å². The number of hydrogen-bond donors (Lipinski definition) is 1. The Morgan fingerprint density at radius 2 is 2.36 bits per heavy atom. The Balaban J connectivity index is 2.79. The lowest BCUT2D eigenvalue weighted by Crippen LogP contribution is -2.13. The second-order valence-electron chi connectivity index (χ2n) is 3.26. The van der Waals surface area contributed by atoms with Gasteiger partial charge in [0.2, 0.25) is 0 Å². The molecule has 0 saturated carbocycles. The molecule has 1 rings (SSSR count). The van der Waals surface area contributed by atoms with Gasteiger partial charge in [-0.25, -0.2) is 4.98 Å². The minimum absolute atomic E-state index is 0.378. The van der Waals surface area contributed by atoms with Gasteiger partial charge < -0.3 is 5.32 Å². The molecular weight excluding hydrogens is 192 g/mol. The lowest BCUT2D eigenvalue weighted by molar-refractivity contribution is 0.634. The van der Waals surface area contributed by atoms with E-state index >= 15 is 0 Å². The maximum Gasteiger partial charge on any atom is 0.101 e. The average molecular weight is 210 g/mol. The fourth-order valence-corrected chi connectivity index (χ4v) is 2.15. The quantitative estimate of drug-likeness (QED) is 0.756. The van der Waals surface area contributed by atoms with E-state index in [-0.39, 0.29) is 0 Å². The molecule has 1 unspecified atom stereocenters. The van der Waals surface area contributed by atoms with E-state index < -0.39 is 0 Å². The van der Waals surface area contributed by atoms with Crippen LogP contribution in [0.25, 0.3) is 0 Å². The fourth-order valence-electron chi connectivity index (χ4n) is 1.21. The summed E-state index contributed by atoms with van der Waals surface area (Å²) in [5.74, 6) is 1.14. The lowest BCUT2D eigenvalue weighted by atomic mass is 10.1. The zero-order valence-corrected chi connectivity index (χ0v) is 9.90. The summed E-state index contributed by atoms with van der Waals surface area (Å²) in [7, 11) is 1.98. The molecule has 1 atom stereocenters. The Morgan fingerprint density at radius 1 is 1.57 bits per heavy atom. The minimum atomic E-state index is 0.378. The summed E-state index contributed by atoms with van der Waals surface area (Å²) in [5, 5.41) is 4.41. The Bertz CT molecular complexity index is 276. The van der Waals surface area contributed by atoms with E-state index in [1.807, 2.05) is 31.1 Å². The molecule has 0 saturated heterocycles. The Morgan fingerprint density at radius 3 is 3.00 bits per heavy atom. The van der Waals surface area contributed by atoms with Crippen LogP contribution in [0.4, 0.5) is 0 Å². The number of rotatable bonds is 5. The third-order valence-electron chi connectivity index (χ3n) is 2.14. The maximum atomic E-state index is 4.41. The highest BCUT2D eigenvalue weighted by atomic mass is 32.2. The van der Waals surface area contributed by atoms with Crippen LogP contribution in [0.3, 0.4) is 0 Å². The van der Waals surface area contributed by atoms with Crippen molar-refractivity contribution in [2.45, 2.75) is 31.3 Å². The first-order chi connectivity index (χ1) is 6.79. The standard InChI is InChI=1S/C11H18N2S/c1-4-8-14-11-10(9(2)12-3)6-5-7-13-11/h5-7,9,12H,4,8H2,1-3H3. The molecule has 78 valence electrons. The molecule has 3 heteroatoms. The molecule has 0 bridgehead atoms. The number of thioether (sulfide) groups is 1. The van der Waals surface area contributed by atoms with Gasteiger partial charge in [0.25, 0.3) is 0 Å². The van der Waals surface area contributed by atoms with Gasteiger partial charge in [0, 0.05) is 17.8 Å². The first kappa shape index (κ1) is 11.5. The summed E-state index contributed by atoms with van der Waals surface area (Å²) >= 11 is 1.84. The monoisotopic (exact) mass is 210 g/mol. The maximum absolute atomic E-state index is 4.41. The third kappa shape index (κ3) is 3.00. The molecule has 0 aliphatic carbocycles. The first-order valence-electron chi connectivity index (χ1n) is 5.04. The molecule has 1 N–H and O–H groups in total. The number of nitrogens with one attached hydrogen (secondary N) is 1. The van der Waals surface area contributed by atoms with Crippen molar-refractivity contribution < 1.29 is 0 Å². The van der Waals surface area contributed by atoms with Crippen LogP contribution in [0.15, 0.2) is 23.4 Å². The summed E-state index contributed by atoms with van der Waals surface area (Å²) in [6.45, 7) is 4.35. The molecule has 1 aromatic rings. The largest absolute Gasteiger partial charge is 0.313 e. The molecule has 1 aromatic heterocycles. The summed E-state index contributed by atoms with van der Waals surface area (Å²) in [6, 6.07) is 4.52. The van der Waals surface area contributed by atoms with Crippen molar-refractivity contribution >= 4 is 11.8 Å². The Hall–Kier alpha value is -0.540. The molecule has 0 spiro atoms. The van der Waals surface area contributed by atoms with E-state index in [9.17, 15) is 0 Å². The Kier molecular flexibility index (Phi) is 4.98. The van der Waals surface area contributed by atoms with E-state index in [4.69, 9.17) is 0 Å². The van der Waals surface area contributed by atoms with Gasteiger partial charge in [0.1, 0.15) is 5.03 Å². The van der Waals surface area contributed by atoms with Gasteiger partial charge in [0.05, 0.1) is 0 Å². The number of hydrogen-bond acceptors (Lipinski definition) is 3. The van der Waals surface area contributed by atoms with Gasteiger partial charge in [-0.3, -0.25) is 0 Å². The van der Waals surface area contributed by atoms with E-state index in [1.165, 1.54) is 12.0 Å². The number of nitrogens with zero attached hydrogens (tertiary/aromatic N) is 1. The second-order valence-corrected chi connectivity index (χ2v) is 4.34. The van der Waals surface area contributed by atoms with Crippen molar-refractivity contribution in [3.8, 4) is 0 Å². The summed E-state index contributed by atoms with van der Waals surface area (Å²) in [4.78, 5) is 4.41. The van der Waals surface area contributed by atoms with Gasteiger partial charge in [-0.2, -0.15) is 0 Å². The molecule has 0 amide bonds. The summed E-state index contributed by atoms with van der Waals surface area (Å²) in [6.07, 6.45) is 3.05. The van der Waals surface area contributed by atoms with E-state index in [0.717, 1.165) is 10.8 Å². The topological polar surface area (TPSA) is 24.9 Å². The second kappa shape index (κ2) is 6.04. The van der Waals surface area contributed by atoms with Crippen molar-refractivity contribution in [1.29, 1.82) is 0 Å². The van der Waals surface area contributed by atoms with Crippen LogP contribution in [0.2, 0.25) is 0 Å². The highest BCUT2D eigenvalue weighted by molar-refractivity contribution is 7.99. The van der Waals surface area contributed by atoms with Crippen LogP contribution in [-0.4, -0.2) is 17.8 Å². The van der Waals surface area contributed by atoms with Gasteiger partial charge in [-0.1, -0.05) is 13.0 Å². The van der Waals surface area contributed by atoms with Crippen LogP contribution in [0.5, 0.6) is 0 Å². The van der Waals surface area contributed by atoms with Crippen molar-refractivity contribution in [3.63, 3.8) is 0 Å². The molecule has 1 heterocycles. The normalized spacial score (nSPS) is 12.8. The molecular formula is C11H18N2S. The first-order valence-corrected chi connectivity index (χ1v) is 6.03. The summed E-state index contributed by atoms with van der Waals surface area (Å²) in [5.41, 5.74) is 1.30. The molecule has 0 aliphatic rings. The molecule has 2 nitrogen and oxygen atoms in total. The lowest BCUT2D eigenvalue weighted by Gasteiger charge is -2.13. The average Bonchev–Trinajstić information content (AvgIpc) is 2.25. The third-order valence-corrected chi connectivity index (χ3v) is 3.37. The van der Waals surface area contributed by atoms with Crippen molar-refractivity contribution in [1.82, 2.24) is 10.3 Å². The predicted molar refractivity (Wildman–Crippen MR) is 62.7 cm³/mol. The predicted octanol–water partition coefficient (Wildman–Crippen LogP) is 2.86. The Labute approximate surface area is 90.5 Å². The van der Waals surface area contributed by atoms with Crippen molar-refractivity contribution in [3.05, 3.63) is 23.9 Å². The van der Waals surface area contributed by atoms with Crippen molar-refractivity contribution in [2.24, 2.45) is 0 Å². The minimum Gasteiger partial charge on any atom is -0.313 e. The highest BCUT2D eigenvalue weighted by Gasteiger charge is 2.08. The molecule has 0 aliphatic heterocycles. The number of pyridine rings is 1. The molecule has 0 radical (unpaired) electrons.